The Kier molecular flexibility index (Phi) is 6.40. The number of aromatic nitrogens is 4. The highest BCUT2D eigenvalue weighted by Gasteiger charge is 2.46. The highest BCUT2D eigenvalue weighted by atomic mass is 19.3. The van der Waals surface area contributed by atoms with E-state index in [-0.39, 0.29) is 31.0 Å². The summed E-state index contributed by atoms with van der Waals surface area (Å²) in [5.74, 6) is -3.34. The molecular formula is C22H22F2N6O3. The van der Waals surface area contributed by atoms with Crippen LogP contribution in [0.1, 0.15) is 24.8 Å². The molecule has 1 saturated heterocycles. The number of hydrogen-bond acceptors (Lipinski definition) is 7. The number of nitrogens with zero attached hydrogens (tertiary/aromatic N) is 4. The van der Waals surface area contributed by atoms with Crippen molar-refractivity contribution in [2.24, 2.45) is 0 Å². The van der Waals surface area contributed by atoms with E-state index in [2.05, 4.69) is 25.3 Å². The zero-order valence-corrected chi connectivity index (χ0v) is 17.7. The molecule has 1 unspecified atom stereocenters. The third kappa shape index (κ3) is 5.37. The van der Waals surface area contributed by atoms with Gasteiger partial charge in [-0.3, -0.25) is 14.5 Å². The molecule has 9 nitrogen and oxygen atoms in total. The van der Waals surface area contributed by atoms with Crippen molar-refractivity contribution in [3.05, 3.63) is 71.2 Å². The summed E-state index contributed by atoms with van der Waals surface area (Å²) in [6, 6.07) is 6.77. The van der Waals surface area contributed by atoms with E-state index in [1.54, 1.807) is 36.2 Å². The molecule has 0 bridgehead atoms. The second kappa shape index (κ2) is 9.41. The number of halogens is 2. The lowest BCUT2D eigenvalue weighted by molar-refractivity contribution is -0.125. The molecule has 0 spiro atoms. The molecule has 1 aliphatic rings. The normalized spacial score (nSPS) is 18.9. The summed E-state index contributed by atoms with van der Waals surface area (Å²) in [5.41, 5.74) is -0.0266. The molecule has 1 fully saturated rings. The molecule has 0 aromatic carbocycles. The van der Waals surface area contributed by atoms with Crippen molar-refractivity contribution < 1.29 is 18.3 Å². The molecule has 2 N–H and O–H groups in total. The van der Waals surface area contributed by atoms with Crippen LogP contribution in [0.25, 0.3) is 0 Å². The lowest BCUT2D eigenvalue weighted by Crippen LogP contribution is -2.52. The lowest BCUT2D eigenvalue weighted by atomic mass is 9.87. The van der Waals surface area contributed by atoms with Crippen LogP contribution in [0.4, 0.5) is 14.6 Å². The van der Waals surface area contributed by atoms with Gasteiger partial charge in [0.15, 0.2) is 0 Å². The Hall–Kier alpha value is -3.73. The summed E-state index contributed by atoms with van der Waals surface area (Å²) in [4.78, 5) is 40.1. The molecule has 11 heteroatoms. The van der Waals surface area contributed by atoms with Crippen molar-refractivity contribution in [3.63, 3.8) is 0 Å². The van der Waals surface area contributed by atoms with E-state index in [9.17, 15) is 18.4 Å². The van der Waals surface area contributed by atoms with E-state index in [0.29, 0.717) is 23.0 Å². The number of nitrogens with one attached hydrogen (secondary N) is 2. The van der Waals surface area contributed by atoms with Gasteiger partial charge in [-0.05, 0) is 24.6 Å². The number of anilines is 1. The first-order valence-corrected chi connectivity index (χ1v) is 10.3. The number of ether oxygens (including phenoxy) is 1. The average molecular weight is 456 g/mol. The summed E-state index contributed by atoms with van der Waals surface area (Å²) in [7, 11) is 0. The summed E-state index contributed by atoms with van der Waals surface area (Å²) < 4.78 is 34.7. The molecule has 3 aromatic rings. The first kappa shape index (κ1) is 22.5. The number of piperidine rings is 1. The number of amides is 1. The second-order valence-electron chi connectivity index (χ2n) is 7.74. The van der Waals surface area contributed by atoms with Crippen LogP contribution < -0.4 is 15.6 Å². The Morgan fingerprint density at radius 2 is 2.12 bits per heavy atom. The summed E-state index contributed by atoms with van der Waals surface area (Å²) in [6.07, 6.45) is 5.27. The first-order valence-electron chi connectivity index (χ1n) is 10.3. The van der Waals surface area contributed by atoms with Crippen LogP contribution >= 0.6 is 0 Å². The fraction of sp³-hybridized carbons (Fsp3) is 0.318. The molecule has 1 aliphatic heterocycles. The number of carbonyl (C=O) groups is 1. The fourth-order valence-corrected chi connectivity index (χ4v) is 3.64. The molecule has 3 aromatic heterocycles. The fourth-order valence-electron chi connectivity index (χ4n) is 3.64. The van der Waals surface area contributed by atoms with Crippen LogP contribution in [0.5, 0.6) is 11.6 Å². The van der Waals surface area contributed by atoms with E-state index in [0.717, 1.165) is 0 Å². The Bertz CT molecular complexity index is 1140. The topological polar surface area (TPSA) is 113 Å². The van der Waals surface area contributed by atoms with Crippen LogP contribution in [-0.2, 0) is 4.79 Å². The van der Waals surface area contributed by atoms with E-state index in [1.807, 2.05) is 0 Å². The van der Waals surface area contributed by atoms with Gasteiger partial charge in [-0.2, -0.15) is 0 Å². The van der Waals surface area contributed by atoms with Crippen LogP contribution in [0.3, 0.4) is 0 Å². The molecule has 2 atom stereocenters. The Balaban J connectivity index is 1.39. The number of H-pyrrole nitrogens is 1. The molecule has 0 saturated carbocycles. The van der Waals surface area contributed by atoms with Crippen LogP contribution in [0, 0.1) is 0 Å². The number of alkyl halides is 2. The second-order valence-corrected chi connectivity index (χ2v) is 7.74. The number of likely N-dealkylation sites (tertiary alicyclic amines) is 1. The molecule has 1 amide bonds. The Morgan fingerprint density at radius 1 is 1.27 bits per heavy atom. The zero-order valence-electron chi connectivity index (χ0n) is 17.7. The predicted octanol–water partition coefficient (Wildman–Crippen LogP) is 2.80. The third-order valence-electron chi connectivity index (χ3n) is 5.56. The number of rotatable bonds is 6. The molecule has 0 aliphatic carbocycles. The number of carbonyl (C=O) groups excluding carboxylic acids is 1. The van der Waals surface area contributed by atoms with Crippen molar-refractivity contribution in [1.29, 1.82) is 0 Å². The van der Waals surface area contributed by atoms with Gasteiger partial charge in [-0.15, -0.1) is 0 Å². The third-order valence-corrected chi connectivity index (χ3v) is 5.56. The maximum atomic E-state index is 14.6. The molecular weight excluding hydrogens is 434 g/mol. The summed E-state index contributed by atoms with van der Waals surface area (Å²) in [6.45, 7) is 1.71. The van der Waals surface area contributed by atoms with Gasteiger partial charge in [-0.1, -0.05) is 6.07 Å². The van der Waals surface area contributed by atoms with Gasteiger partial charge in [-0.25, -0.2) is 23.7 Å². The van der Waals surface area contributed by atoms with Gasteiger partial charge in [0.1, 0.15) is 17.9 Å². The quantitative estimate of drug-likeness (QED) is 0.586. The standard InChI is InChI=1S/C22H22F2N6O3/c1-14(30-9-7-22(23,24)17(12-30)15-2-5-19(31)27-10-15)21(32)29-18-4-3-16(11-26-18)33-20-6-8-25-13-28-20/h2-6,8,10-11,13-14,17H,7,9,12H2,1H3,(H,27,31)(H,26,29,32)/t14?,17-/m1/s1. The van der Waals surface area contributed by atoms with E-state index in [4.69, 9.17) is 4.74 Å². The summed E-state index contributed by atoms with van der Waals surface area (Å²) in [5, 5.41) is 2.70. The molecule has 0 radical (unpaired) electrons. The smallest absolute Gasteiger partial charge is 0.257 e. The van der Waals surface area contributed by atoms with Crippen LogP contribution in [0.15, 0.2) is 60.0 Å². The van der Waals surface area contributed by atoms with Gasteiger partial charge in [0.05, 0.1) is 18.2 Å². The van der Waals surface area contributed by atoms with Gasteiger partial charge in [0.2, 0.25) is 17.3 Å². The van der Waals surface area contributed by atoms with Crippen LogP contribution in [-0.4, -0.2) is 55.8 Å². The van der Waals surface area contributed by atoms with Gasteiger partial charge in [0, 0.05) is 44.0 Å². The predicted molar refractivity (Wildman–Crippen MR) is 115 cm³/mol. The molecule has 4 rings (SSSR count). The van der Waals surface area contributed by atoms with Crippen molar-refractivity contribution in [2.45, 2.75) is 31.2 Å². The Labute approximate surface area is 187 Å². The van der Waals surface area contributed by atoms with E-state index >= 15 is 0 Å². The van der Waals surface area contributed by atoms with Crippen LogP contribution in [0.2, 0.25) is 0 Å². The average Bonchev–Trinajstić information content (AvgIpc) is 2.81. The largest absolute Gasteiger partial charge is 0.437 e. The minimum Gasteiger partial charge on any atom is -0.437 e. The van der Waals surface area contributed by atoms with Gasteiger partial charge < -0.3 is 15.0 Å². The minimum atomic E-state index is -2.94. The Morgan fingerprint density at radius 3 is 2.79 bits per heavy atom. The molecule has 33 heavy (non-hydrogen) atoms. The maximum Gasteiger partial charge on any atom is 0.257 e. The van der Waals surface area contributed by atoms with Gasteiger partial charge in [0.25, 0.3) is 5.92 Å². The van der Waals surface area contributed by atoms with Crippen molar-refractivity contribution in [1.82, 2.24) is 24.8 Å². The van der Waals surface area contributed by atoms with Crippen molar-refractivity contribution >= 4 is 11.7 Å². The van der Waals surface area contributed by atoms with Crippen molar-refractivity contribution in [3.8, 4) is 11.6 Å². The van der Waals surface area contributed by atoms with Crippen molar-refractivity contribution in [2.75, 3.05) is 18.4 Å². The zero-order chi connectivity index (χ0) is 23.4. The minimum absolute atomic E-state index is 0.0211. The monoisotopic (exact) mass is 456 g/mol. The number of hydrogen-bond donors (Lipinski definition) is 2. The van der Waals surface area contributed by atoms with E-state index in [1.165, 1.54) is 30.9 Å². The van der Waals surface area contributed by atoms with Gasteiger partial charge >= 0.3 is 0 Å². The van der Waals surface area contributed by atoms with E-state index < -0.39 is 17.9 Å². The summed E-state index contributed by atoms with van der Waals surface area (Å²) >= 11 is 0. The molecule has 4 heterocycles. The SMILES string of the molecule is CC(C(=O)Nc1ccc(Oc2ccncn2)cn1)N1CCC(F)(F)[C@@H](c2ccc(=O)[nH]c2)C1. The highest BCUT2D eigenvalue weighted by molar-refractivity contribution is 5.93. The maximum absolute atomic E-state index is 14.6. The first-order chi connectivity index (χ1) is 15.8. The molecule has 172 valence electrons. The number of aromatic amines is 1. The lowest BCUT2D eigenvalue weighted by Gasteiger charge is -2.40. The number of pyridine rings is 2. The highest BCUT2D eigenvalue weighted by Crippen LogP contribution is 2.40.